The van der Waals surface area contributed by atoms with Gasteiger partial charge in [-0.05, 0) is 18.2 Å². The number of hydrogen-bond donors (Lipinski definition) is 4. The quantitative estimate of drug-likeness (QED) is 0.524. The van der Waals surface area contributed by atoms with Gasteiger partial charge in [0.2, 0.25) is 0 Å². The molecule has 1 rings (SSSR count). The summed E-state index contributed by atoms with van der Waals surface area (Å²) < 4.78 is 0. The van der Waals surface area contributed by atoms with Gasteiger partial charge in [0.1, 0.15) is 0 Å². The predicted octanol–water partition coefficient (Wildman–Crippen LogP) is -0.001000. The average molecular weight is 208 g/mol. The molecule has 0 aliphatic carbocycles. The molecule has 0 aliphatic rings. The highest BCUT2D eigenvalue weighted by Crippen LogP contribution is 2.19. The molecule has 15 heavy (non-hydrogen) atoms. The number of nitrogens with one attached hydrogen (secondary N) is 2. The van der Waals surface area contributed by atoms with Gasteiger partial charge < -0.3 is 22.1 Å². The van der Waals surface area contributed by atoms with Crippen LogP contribution in [0.3, 0.4) is 0 Å². The van der Waals surface area contributed by atoms with Crippen LogP contribution in [0, 0.1) is 0 Å². The maximum atomic E-state index is 11.3. The van der Waals surface area contributed by atoms with E-state index >= 15 is 0 Å². The molecule has 82 valence electrons. The number of rotatable bonds is 4. The van der Waals surface area contributed by atoms with Gasteiger partial charge in [0.05, 0.1) is 11.4 Å². The Morgan fingerprint density at radius 2 is 2.20 bits per heavy atom. The Morgan fingerprint density at radius 1 is 1.47 bits per heavy atom. The second-order valence-electron chi connectivity index (χ2n) is 3.10. The SMILES string of the molecule is CNC(=O)c1ccc(NCCN)c(N)c1. The van der Waals surface area contributed by atoms with Gasteiger partial charge >= 0.3 is 0 Å². The fraction of sp³-hybridized carbons (Fsp3) is 0.300. The zero-order valence-corrected chi connectivity index (χ0v) is 8.71. The van der Waals surface area contributed by atoms with Crippen LogP contribution in [0.5, 0.6) is 0 Å². The zero-order chi connectivity index (χ0) is 11.3. The van der Waals surface area contributed by atoms with Gasteiger partial charge in [-0.2, -0.15) is 0 Å². The van der Waals surface area contributed by atoms with Crippen molar-refractivity contribution in [2.24, 2.45) is 5.73 Å². The highest BCUT2D eigenvalue weighted by atomic mass is 16.1. The van der Waals surface area contributed by atoms with Gasteiger partial charge in [0, 0.05) is 25.7 Å². The number of amides is 1. The maximum Gasteiger partial charge on any atom is 0.251 e. The van der Waals surface area contributed by atoms with E-state index in [1.807, 2.05) is 0 Å². The van der Waals surface area contributed by atoms with Crippen LogP contribution in [0.15, 0.2) is 18.2 Å². The Labute approximate surface area is 88.8 Å². The molecule has 1 aromatic carbocycles. The summed E-state index contributed by atoms with van der Waals surface area (Å²) in [6.45, 7) is 1.19. The standard InChI is InChI=1S/C10H16N4O/c1-13-10(15)7-2-3-9(8(12)6-7)14-5-4-11/h2-3,6,14H,4-5,11-12H2,1H3,(H,13,15). The summed E-state index contributed by atoms with van der Waals surface area (Å²) in [6.07, 6.45) is 0. The summed E-state index contributed by atoms with van der Waals surface area (Å²) in [5.74, 6) is -0.146. The fourth-order valence-electron chi connectivity index (χ4n) is 1.22. The van der Waals surface area contributed by atoms with Gasteiger partial charge in [0.15, 0.2) is 0 Å². The van der Waals surface area contributed by atoms with Crippen molar-refractivity contribution in [2.75, 3.05) is 31.2 Å². The Kier molecular flexibility index (Phi) is 3.93. The van der Waals surface area contributed by atoms with Crippen molar-refractivity contribution in [2.45, 2.75) is 0 Å². The second kappa shape index (κ2) is 5.21. The maximum absolute atomic E-state index is 11.3. The molecule has 5 heteroatoms. The lowest BCUT2D eigenvalue weighted by Crippen LogP contribution is -2.18. The van der Waals surface area contributed by atoms with E-state index in [0.717, 1.165) is 5.69 Å². The molecule has 0 radical (unpaired) electrons. The summed E-state index contributed by atoms with van der Waals surface area (Å²) in [4.78, 5) is 11.3. The van der Waals surface area contributed by atoms with Gasteiger partial charge in [-0.25, -0.2) is 0 Å². The van der Waals surface area contributed by atoms with E-state index in [-0.39, 0.29) is 5.91 Å². The van der Waals surface area contributed by atoms with Gasteiger partial charge in [-0.1, -0.05) is 0 Å². The van der Waals surface area contributed by atoms with E-state index in [4.69, 9.17) is 11.5 Å². The van der Waals surface area contributed by atoms with Crippen molar-refractivity contribution in [3.8, 4) is 0 Å². The summed E-state index contributed by atoms with van der Waals surface area (Å²) in [5.41, 5.74) is 13.0. The van der Waals surface area contributed by atoms with Gasteiger partial charge in [-0.3, -0.25) is 4.79 Å². The molecule has 0 spiro atoms. The molecular weight excluding hydrogens is 192 g/mol. The van der Waals surface area contributed by atoms with E-state index in [9.17, 15) is 4.79 Å². The highest BCUT2D eigenvalue weighted by Gasteiger charge is 2.05. The van der Waals surface area contributed by atoms with E-state index < -0.39 is 0 Å². The summed E-state index contributed by atoms with van der Waals surface area (Å²) in [6, 6.07) is 5.13. The molecule has 1 aromatic rings. The lowest BCUT2D eigenvalue weighted by molar-refractivity contribution is 0.0963. The number of hydrogen-bond acceptors (Lipinski definition) is 4. The van der Waals surface area contributed by atoms with Crippen molar-refractivity contribution < 1.29 is 4.79 Å². The molecule has 0 atom stereocenters. The lowest BCUT2D eigenvalue weighted by Gasteiger charge is -2.09. The molecule has 0 heterocycles. The summed E-state index contributed by atoms with van der Waals surface area (Å²) in [5, 5.41) is 5.60. The molecule has 0 aliphatic heterocycles. The predicted molar refractivity (Wildman–Crippen MR) is 61.8 cm³/mol. The van der Waals surface area contributed by atoms with Crippen LogP contribution in [0.1, 0.15) is 10.4 Å². The highest BCUT2D eigenvalue weighted by molar-refractivity contribution is 5.95. The monoisotopic (exact) mass is 208 g/mol. The largest absolute Gasteiger partial charge is 0.397 e. The third-order valence-electron chi connectivity index (χ3n) is 2.00. The molecule has 5 nitrogen and oxygen atoms in total. The van der Waals surface area contributed by atoms with E-state index in [0.29, 0.717) is 24.3 Å². The van der Waals surface area contributed by atoms with Crippen molar-refractivity contribution in [1.82, 2.24) is 5.32 Å². The lowest BCUT2D eigenvalue weighted by atomic mass is 10.1. The minimum Gasteiger partial charge on any atom is -0.397 e. The second-order valence-corrected chi connectivity index (χ2v) is 3.10. The topological polar surface area (TPSA) is 93.2 Å². The molecule has 0 fully saturated rings. The molecule has 0 saturated heterocycles. The Morgan fingerprint density at radius 3 is 2.73 bits per heavy atom. The minimum atomic E-state index is -0.146. The Hall–Kier alpha value is -1.75. The van der Waals surface area contributed by atoms with Crippen LogP contribution in [0.4, 0.5) is 11.4 Å². The van der Waals surface area contributed by atoms with Crippen molar-refractivity contribution >= 4 is 17.3 Å². The first-order valence-corrected chi connectivity index (χ1v) is 4.74. The average Bonchev–Trinajstić information content (AvgIpc) is 2.26. The molecule has 6 N–H and O–H groups in total. The van der Waals surface area contributed by atoms with Crippen LogP contribution >= 0.6 is 0 Å². The van der Waals surface area contributed by atoms with Crippen LogP contribution in [-0.2, 0) is 0 Å². The molecule has 0 saturated carbocycles. The number of nitrogens with two attached hydrogens (primary N) is 2. The van der Waals surface area contributed by atoms with Crippen LogP contribution < -0.4 is 22.1 Å². The number of nitrogen functional groups attached to an aromatic ring is 1. The Bertz CT molecular complexity index is 351. The fourth-order valence-corrected chi connectivity index (χ4v) is 1.22. The smallest absolute Gasteiger partial charge is 0.251 e. The van der Waals surface area contributed by atoms with Crippen molar-refractivity contribution in [1.29, 1.82) is 0 Å². The van der Waals surface area contributed by atoms with Gasteiger partial charge in [-0.15, -0.1) is 0 Å². The Balaban J connectivity index is 2.83. The zero-order valence-electron chi connectivity index (χ0n) is 8.71. The summed E-state index contributed by atoms with van der Waals surface area (Å²) in [7, 11) is 1.58. The number of carbonyl (C=O) groups is 1. The van der Waals surface area contributed by atoms with Crippen LogP contribution in [0.2, 0.25) is 0 Å². The first-order chi connectivity index (χ1) is 7.19. The van der Waals surface area contributed by atoms with E-state index in [1.54, 1.807) is 25.2 Å². The van der Waals surface area contributed by atoms with Crippen molar-refractivity contribution in [3.63, 3.8) is 0 Å². The third kappa shape index (κ3) is 2.85. The minimum absolute atomic E-state index is 0.146. The first-order valence-electron chi connectivity index (χ1n) is 4.74. The molecule has 0 aromatic heterocycles. The number of benzene rings is 1. The molecule has 0 bridgehead atoms. The number of anilines is 2. The molecular formula is C10H16N4O. The van der Waals surface area contributed by atoms with Crippen molar-refractivity contribution in [3.05, 3.63) is 23.8 Å². The summed E-state index contributed by atoms with van der Waals surface area (Å²) >= 11 is 0. The third-order valence-corrected chi connectivity index (χ3v) is 2.00. The van der Waals surface area contributed by atoms with E-state index in [1.165, 1.54) is 0 Å². The molecule has 0 unspecified atom stereocenters. The first kappa shape index (κ1) is 11.3. The number of carbonyl (C=O) groups excluding carboxylic acids is 1. The molecule has 1 amide bonds. The van der Waals surface area contributed by atoms with E-state index in [2.05, 4.69) is 10.6 Å². The normalized spacial score (nSPS) is 9.73. The van der Waals surface area contributed by atoms with Gasteiger partial charge in [0.25, 0.3) is 5.91 Å². The van der Waals surface area contributed by atoms with Crippen LogP contribution in [-0.4, -0.2) is 26.0 Å². The van der Waals surface area contributed by atoms with Crippen LogP contribution in [0.25, 0.3) is 0 Å².